The minimum Gasteiger partial charge on any atom is -0.346 e. The number of carbonyl (C=O) groups is 1. The fraction of sp³-hybridized carbons (Fsp3) is 0.333. The van der Waals surface area contributed by atoms with E-state index >= 15 is 0 Å². The van der Waals surface area contributed by atoms with Crippen molar-refractivity contribution in [1.82, 2.24) is 14.5 Å². The van der Waals surface area contributed by atoms with Crippen molar-refractivity contribution in [1.29, 1.82) is 0 Å². The first-order valence-corrected chi connectivity index (χ1v) is 8.94. The predicted molar refractivity (Wildman–Crippen MR) is 99.0 cm³/mol. The quantitative estimate of drug-likeness (QED) is 0.690. The largest absolute Gasteiger partial charge is 0.346 e. The van der Waals surface area contributed by atoms with E-state index in [0.717, 1.165) is 24.8 Å². The van der Waals surface area contributed by atoms with Crippen LogP contribution in [0.3, 0.4) is 0 Å². The SMILES string of the molecule is Cn1c(CN(C(=O)CCc2cccnc2)C2CC2)cc2ccccc21. The highest BCUT2D eigenvalue weighted by molar-refractivity contribution is 5.82. The van der Waals surface area contributed by atoms with Gasteiger partial charge in [-0.3, -0.25) is 9.78 Å². The number of hydrogen-bond acceptors (Lipinski definition) is 2. The minimum absolute atomic E-state index is 0.247. The molecule has 0 spiro atoms. The van der Waals surface area contributed by atoms with Gasteiger partial charge in [0.15, 0.2) is 0 Å². The summed E-state index contributed by atoms with van der Waals surface area (Å²) >= 11 is 0. The van der Waals surface area contributed by atoms with Crippen LogP contribution in [0, 0.1) is 0 Å². The molecule has 0 aliphatic heterocycles. The molecule has 2 aromatic heterocycles. The molecule has 1 aliphatic carbocycles. The maximum atomic E-state index is 12.8. The van der Waals surface area contributed by atoms with E-state index in [1.807, 2.05) is 18.3 Å². The van der Waals surface area contributed by atoms with Gasteiger partial charge >= 0.3 is 0 Å². The smallest absolute Gasteiger partial charge is 0.223 e. The second kappa shape index (κ2) is 6.71. The Hall–Kier alpha value is -2.62. The molecule has 1 aliphatic rings. The maximum absolute atomic E-state index is 12.8. The summed E-state index contributed by atoms with van der Waals surface area (Å²) in [5.74, 6) is 0.247. The number of amides is 1. The lowest BCUT2D eigenvalue weighted by atomic mass is 10.1. The zero-order valence-electron chi connectivity index (χ0n) is 14.6. The molecule has 0 atom stereocenters. The van der Waals surface area contributed by atoms with Crippen molar-refractivity contribution in [3.8, 4) is 0 Å². The van der Waals surface area contributed by atoms with Gasteiger partial charge in [-0.2, -0.15) is 0 Å². The Morgan fingerprint density at radius 3 is 2.80 bits per heavy atom. The van der Waals surface area contributed by atoms with Crippen molar-refractivity contribution in [3.05, 3.63) is 66.1 Å². The third kappa shape index (κ3) is 3.43. The summed E-state index contributed by atoms with van der Waals surface area (Å²) in [6.45, 7) is 0.696. The summed E-state index contributed by atoms with van der Waals surface area (Å²) in [4.78, 5) is 19.0. The second-order valence-electron chi connectivity index (χ2n) is 6.87. The van der Waals surface area contributed by atoms with Crippen LogP contribution >= 0.6 is 0 Å². The first-order valence-electron chi connectivity index (χ1n) is 8.94. The van der Waals surface area contributed by atoms with Gasteiger partial charge in [0, 0.05) is 43.1 Å². The van der Waals surface area contributed by atoms with E-state index in [4.69, 9.17) is 0 Å². The van der Waals surface area contributed by atoms with Crippen LogP contribution in [-0.4, -0.2) is 26.4 Å². The van der Waals surface area contributed by atoms with Gasteiger partial charge in [-0.15, -0.1) is 0 Å². The number of pyridine rings is 1. The third-order valence-corrected chi connectivity index (χ3v) is 5.04. The van der Waals surface area contributed by atoms with Gasteiger partial charge in [-0.05, 0) is 48.4 Å². The lowest BCUT2D eigenvalue weighted by molar-refractivity contribution is -0.132. The molecule has 25 heavy (non-hydrogen) atoms. The number of rotatable bonds is 6. The highest BCUT2D eigenvalue weighted by atomic mass is 16.2. The zero-order valence-corrected chi connectivity index (χ0v) is 14.6. The molecule has 0 N–H and O–H groups in total. The van der Waals surface area contributed by atoms with E-state index in [1.165, 1.54) is 16.6 Å². The highest BCUT2D eigenvalue weighted by Gasteiger charge is 2.32. The van der Waals surface area contributed by atoms with Crippen LogP contribution in [-0.2, 0) is 24.8 Å². The van der Waals surface area contributed by atoms with Crippen LogP contribution in [0.25, 0.3) is 10.9 Å². The number of aromatic nitrogens is 2. The molecule has 0 saturated heterocycles. The van der Waals surface area contributed by atoms with Gasteiger partial charge in [-0.25, -0.2) is 0 Å². The molecule has 1 aromatic carbocycles. The zero-order chi connectivity index (χ0) is 17.2. The summed E-state index contributed by atoms with van der Waals surface area (Å²) in [5, 5.41) is 1.23. The topological polar surface area (TPSA) is 38.1 Å². The Morgan fingerprint density at radius 2 is 2.08 bits per heavy atom. The molecule has 1 saturated carbocycles. The van der Waals surface area contributed by atoms with Crippen molar-refractivity contribution in [2.24, 2.45) is 7.05 Å². The molecule has 0 unspecified atom stereocenters. The van der Waals surface area contributed by atoms with E-state index in [2.05, 4.69) is 51.8 Å². The number of para-hydroxylation sites is 1. The molecular weight excluding hydrogens is 310 g/mol. The van der Waals surface area contributed by atoms with E-state index < -0.39 is 0 Å². The van der Waals surface area contributed by atoms with Crippen molar-refractivity contribution >= 4 is 16.8 Å². The van der Waals surface area contributed by atoms with Gasteiger partial charge < -0.3 is 9.47 Å². The normalized spacial score (nSPS) is 14.0. The Kier molecular flexibility index (Phi) is 4.26. The number of fused-ring (bicyclic) bond motifs is 1. The van der Waals surface area contributed by atoms with Crippen molar-refractivity contribution in [3.63, 3.8) is 0 Å². The summed E-state index contributed by atoms with van der Waals surface area (Å²) in [6, 6.07) is 15.0. The van der Waals surface area contributed by atoms with Crippen molar-refractivity contribution < 1.29 is 4.79 Å². The molecule has 1 fully saturated rings. The van der Waals surface area contributed by atoms with E-state index in [0.29, 0.717) is 19.0 Å². The second-order valence-corrected chi connectivity index (χ2v) is 6.87. The number of hydrogen-bond donors (Lipinski definition) is 0. The first-order chi connectivity index (χ1) is 12.2. The third-order valence-electron chi connectivity index (χ3n) is 5.04. The average molecular weight is 333 g/mol. The van der Waals surface area contributed by atoms with Crippen molar-refractivity contribution in [2.75, 3.05) is 0 Å². The molecule has 0 radical (unpaired) electrons. The Bertz CT molecular complexity index is 881. The van der Waals surface area contributed by atoms with Crippen LogP contribution in [0.2, 0.25) is 0 Å². The number of benzene rings is 1. The van der Waals surface area contributed by atoms with Crippen LogP contribution in [0.5, 0.6) is 0 Å². The fourth-order valence-corrected chi connectivity index (χ4v) is 3.42. The van der Waals surface area contributed by atoms with Gasteiger partial charge in [0.05, 0.1) is 6.54 Å². The van der Waals surface area contributed by atoms with Crippen LogP contribution in [0.1, 0.15) is 30.5 Å². The molecule has 2 heterocycles. The molecular formula is C21H23N3O. The summed E-state index contributed by atoms with van der Waals surface area (Å²) in [7, 11) is 2.09. The minimum atomic E-state index is 0.247. The Morgan fingerprint density at radius 1 is 1.24 bits per heavy atom. The van der Waals surface area contributed by atoms with Gasteiger partial charge in [-0.1, -0.05) is 24.3 Å². The lowest BCUT2D eigenvalue weighted by Crippen LogP contribution is -2.33. The first kappa shape index (κ1) is 15.9. The molecule has 4 nitrogen and oxygen atoms in total. The molecule has 4 rings (SSSR count). The molecule has 128 valence electrons. The Labute approximate surface area is 148 Å². The van der Waals surface area contributed by atoms with E-state index in [-0.39, 0.29) is 5.91 Å². The molecule has 0 bridgehead atoms. The molecule has 3 aromatic rings. The lowest BCUT2D eigenvalue weighted by Gasteiger charge is -2.23. The van der Waals surface area contributed by atoms with E-state index in [1.54, 1.807) is 6.20 Å². The molecule has 4 heteroatoms. The van der Waals surface area contributed by atoms with Crippen LogP contribution < -0.4 is 0 Å². The van der Waals surface area contributed by atoms with Crippen LogP contribution in [0.15, 0.2) is 54.9 Å². The van der Waals surface area contributed by atoms with E-state index in [9.17, 15) is 4.79 Å². The summed E-state index contributed by atoms with van der Waals surface area (Å²) in [6.07, 6.45) is 7.17. The predicted octanol–water partition coefficient (Wildman–Crippen LogP) is 3.70. The maximum Gasteiger partial charge on any atom is 0.223 e. The van der Waals surface area contributed by atoms with Gasteiger partial charge in [0.2, 0.25) is 5.91 Å². The number of carbonyl (C=O) groups excluding carboxylic acids is 1. The number of aryl methyl sites for hydroxylation is 2. The summed E-state index contributed by atoms with van der Waals surface area (Å²) < 4.78 is 2.21. The molecule has 1 amide bonds. The van der Waals surface area contributed by atoms with Gasteiger partial charge in [0.1, 0.15) is 0 Å². The number of nitrogens with zero attached hydrogens (tertiary/aromatic N) is 3. The summed E-state index contributed by atoms with van der Waals surface area (Å²) in [5.41, 5.74) is 3.54. The average Bonchev–Trinajstić information content (AvgIpc) is 3.44. The van der Waals surface area contributed by atoms with Gasteiger partial charge in [0.25, 0.3) is 0 Å². The highest BCUT2D eigenvalue weighted by Crippen LogP contribution is 2.30. The standard InChI is InChI=1S/C21H23N3O/c1-23-19(13-17-6-2-3-7-20(17)23)15-24(18-9-10-18)21(25)11-8-16-5-4-12-22-14-16/h2-7,12-14,18H,8-11,15H2,1H3. The van der Waals surface area contributed by atoms with Crippen LogP contribution in [0.4, 0.5) is 0 Å². The fourth-order valence-electron chi connectivity index (χ4n) is 3.42. The monoisotopic (exact) mass is 333 g/mol. The Balaban J connectivity index is 1.49. The van der Waals surface area contributed by atoms with Crippen molar-refractivity contribution in [2.45, 2.75) is 38.3 Å².